The molecule has 0 aromatic heterocycles. The van der Waals surface area contributed by atoms with Crippen molar-refractivity contribution in [3.05, 3.63) is 28.2 Å². The lowest BCUT2D eigenvalue weighted by atomic mass is 10.1. The summed E-state index contributed by atoms with van der Waals surface area (Å²) in [7, 11) is 0. The third-order valence-corrected chi connectivity index (χ3v) is 2.72. The average molecular weight is 303 g/mol. The topological polar surface area (TPSA) is 95.6 Å². The molecular weight excluding hydrogens is 288 g/mol. The number of amides is 1. The van der Waals surface area contributed by atoms with Crippen LogP contribution in [0.2, 0.25) is 0 Å². The molecule has 0 radical (unpaired) electrons. The number of rotatable bonds is 4. The monoisotopic (exact) mass is 302 g/mol. The Morgan fingerprint density at radius 2 is 2.24 bits per heavy atom. The zero-order valence-electron chi connectivity index (χ0n) is 9.40. The van der Waals surface area contributed by atoms with Gasteiger partial charge in [-0.25, -0.2) is 0 Å². The van der Waals surface area contributed by atoms with Crippen LogP contribution in [0.1, 0.15) is 17.3 Å². The lowest BCUT2D eigenvalue weighted by Gasteiger charge is -2.20. The first-order chi connectivity index (χ1) is 7.85. The summed E-state index contributed by atoms with van der Waals surface area (Å²) in [6, 6.07) is 4.94. The van der Waals surface area contributed by atoms with Gasteiger partial charge in [0.2, 0.25) is 0 Å². The first kappa shape index (κ1) is 14.0. The van der Waals surface area contributed by atoms with Gasteiger partial charge < -0.3 is 21.3 Å². The summed E-state index contributed by atoms with van der Waals surface area (Å²) in [5.41, 5.74) is 5.01. The molecule has 1 atom stereocenters. The molecule has 0 aliphatic rings. The second-order valence-electron chi connectivity index (χ2n) is 4.07. The highest BCUT2D eigenvalue weighted by molar-refractivity contribution is 9.10. The van der Waals surface area contributed by atoms with E-state index in [1.54, 1.807) is 18.2 Å². The number of nitrogens with one attached hydrogen (secondary N) is 1. The van der Waals surface area contributed by atoms with E-state index in [1.807, 2.05) is 0 Å². The fourth-order valence-corrected chi connectivity index (χ4v) is 1.51. The number of hydrogen-bond donors (Lipinski definition) is 4. The van der Waals surface area contributed by atoms with E-state index in [4.69, 9.17) is 10.8 Å². The Morgan fingerprint density at radius 1 is 1.59 bits per heavy atom. The van der Waals surface area contributed by atoms with Crippen LogP contribution < -0.4 is 11.1 Å². The molecule has 0 bridgehead atoms. The second kappa shape index (κ2) is 5.48. The quantitative estimate of drug-likeness (QED) is 0.609. The third kappa shape index (κ3) is 3.99. The molecule has 94 valence electrons. The number of anilines is 1. The maximum absolute atomic E-state index is 11.8. The van der Waals surface area contributed by atoms with Crippen molar-refractivity contribution >= 4 is 27.5 Å². The Balaban J connectivity index is 2.74. The van der Waals surface area contributed by atoms with Crippen LogP contribution in [0.5, 0.6) is 0 Å². The summed E-state index contributed by atoms with van der Waals surface area (Å²) < 4.78 is 0.741. The Labute approximate surface area is 108 Å². The SMILES string of the molecule is CC(O)(CO)CNC(=O)c1cc(Br)ccc1N. The Morgan fingerprint density at radius 3 is 2.82 bits per heavy atom. The molecule has 0 fully saturated rings. The lowest BCUT2D eigenvalue weighted by molar-refractivity contribution is 0.00321. The van der Waals surface area contributed by atoms with E-state index in [9.17, 15) is 9.90 Å². The van der Waals surface area contributed by atoms with Crippen molar-refractivity contribution in [2.45, 2.75) is 12.5 Å². The summed E-state index contributed by atoms with van der Waals surface area (Å²) >= 11 is 3.24. The summed E-state index contributed by atoms with van der Waals surface area (Å²) in [4.78, 5) is 11.8. The van der Waals surface area contributed by atoms with Crippen LogP contribution in [0.25, 0.3) is 0 Å². The zero-order chi connectivity index (χ0) is 13.1. The second-order valence-corrected chi connectivity index (χ2v) is 4.98. The van der Waals surface area contributed by atoms with Gasteiger partial charge in [-0.05, 0) is 25.1 Å². The molecule has 0 saturated carbocycles. The van der Waals surface area contributed by atoms with Crippen molar-refractivity contribution in [2.75, 3.05) is 18.9 Å². The number of carbonyl (C=O) groups is 1. The molecule has 5 nitrogen and oxygen atoms in total. The Hall–Kier alpha value is -1.11. The number of aliphatic hydroxyl groups excluding tert-OH is 1. The zero-order valence-corrected chi connectivity index (χ0v) is 11.0. The molecule has 1 amide bonds. The minimum atomic E-state index is -1.34. The standard InChI is InChI=1S/C11H15BrN2O3/c1-11(17,6-15)5-14-10(16)8-4-7(12)2-3-9(8)13/h2-4,15,17H,5-6,13H2,1H3,(H,14,16). The fourth-order valence-electron chi connectivity index (χ4n) is 1.15. The minimum absolute atomic E-state index is 0.0473. The first-order valence-electron chi connectivity index (χ1n) is 5.02. The molecule has 0 spiro atoms. The van der Waals surface area contributed by atoms with Crippen LogP contribution in [0.4, 0.5) is 5.69 Å². The molecule has 1 unspecified atom stereocenters. The van der Waals surface area contributed by atoms with Crippen molar-refractivity contribution < 1.29 is 15.0 Å². The highest BCUT2D eigenvalue weighted by atomic mass is 79.9. The van der Waals surface area contributed by atoms with E-state index in [-0.39, 0.29) is 6.54 Å². The van der Waals surface area contributed by atoms with Gasteiger partial charge in [0.15, 0.2) is 0 Å². The average Bonchev–Trinajstić information content (AvgIpc) is 2.29. The van der Waals surface area contributed by atoms with Gasteiger partial charge in [-0.15, -0.1) is 0 Å². The summed E-state index contributed by atoms with van der Waals surface area (Å²) in [5, 5.41) is 20.9. The molecule has 0 saturated heterocycles. The van der Waals surface area contributed by atoms with Crippen LogP contribution in [-0.2, 0) is 0 Å². The van der Waals surface area contributed by atoms with Crippen molar-refractivity contribution in [3.63, 3.8) is 0 Å². The van der Waals surface area contributed by atoms with E-state index in [0.717, 1.165) is 4.47 Å². The van der Waals surface area contributed by atoms with E-state index in [2.05, 4.69) is 21.2 Å². The van der Waals surface area contributed by atoms with Crippen LogP contribution in [0.15, 0.2) is 22.7 Å². The molecule has 0 aliphatic heterocycles. The van der Waals surface area contributed by atoms with Gasteiger partial charge in [-0.1, -0.05) is 15.9 Å². The highest BCUT2D eigenvalue weighted by Gasteiger charge is 2.20. The minimum Gasteiger partial charge on any atom is -0.398 e. The summed E-state index contributed by atoms with van der Waals surface area (Å²) in [5.74, 6) is -0.391. The summed E-state index contributed by atoms with van der Waals surface area (Å²) in [6.45, 7) is 0.951. The maximum atomic E-state index is 11.8. The highest BCUT2D eigenvalue weighted by Crippen LogP contribution is 2.18. The molecule has 1 rings (SSSR count). The molecule has 1 aromatic rings. The van der Waals surface area contributed by atoms with E-state index in [0.29, 0.717) is 11.3 Å². The normalized spacial score (nSPS) is 14.1. The van der Waals surface area contributed by atoms with Gasteiger partial charge in [-0.2, -0.15) is 0 Å². The van der Waals surface area contributed by atoms with Crippen molar-refractivity contribution in [3.8, 4) is 0 Å². The molecule has 0 heterocycles. The molecule has 17 heavy (non-hydrogen) atoms. The smallest absolute Gasteiger partial charge is 0.253 e. The lowest BCUT2D eigenvalue weighted by Crippen LogP contribution is -2.43. The number of nitrogen functional groups attached to an aromatic ring is 1. The van der Waals surface area contributed by atoms with Crippen LogP contribution in [0.3, 0.4) is 0 Å². The Kier molecular flexibility index (Phi) is 4.50. The fraction of sp³-hybridized carbons (Fsp3) is 0.364. The molecule has 6 heteroatoms. The predicted molar refractivity (Wildman–Crippen MR) is 68.6 cm³/mol. The van der Waals surface area contributed by atoms with Crippen LogP contribution in [0, 0.1) is 0 Å². The number of halogens is 1. The van der Waals surface area contributed by atoms with E-state index >= 15 is 0 Å². The maximum Gasteiger partial charge on any atom is 0.253 e. The third-order valence-electron chi connectivity index (χ3n) is 2.23. The number of benzene rings is 1. The van der Waals surface area contributed by atoms with Crippen LogP contribution >= 0.6 is 15.9 Å². The van der Waals surface area contributed by atoms with Crippen molar-refractivity contribution in [2.24, 2.45) is 0 Å². The van der Waals surface area contributed by atoms with Gasteiger partial charge in [0.25, 0.3) is 5.91 Å². The Bertz CT molecular complexity index is 421. The van der Waals surface area contributed by atoms with Gasteiger partial charge in [0, 0.05) is 16.7 Å². The van der Waals surface area contributed by atoms with E-state index < -0.39 is 18.1 Å². The molecular formula is C11H15BrN2O3. The number of carbonyl (C=O) groups excluding carboxylic acids is 1. The molecule has 0 aliphatic carbocycles. The van der Waals surface area contributed by atoms with Crippen molar-refractivity contribution in [1.82, 2.24) is 5.32 Å². The van der Waals surface area contributed by atoms with Gasteiger partial charge >= 0.3 is 0 Å². The number of hydrogen-bond acceptors (Lipinski definition) is 4. The van der Waals surface area contributed by atoms with Crippen LogP contribution in [-0.4, -0.2) is 34.9 Å². The first-order valence-corrected chi connectivity index (χ1v) is 5.81. The molecule has 1 aromatic carbocycles. The van der Waals surface area contributed by atoms with Gasteiger partial charge in [0.05, 0.1) is 12.2 Å². The van der Waals surface area contributed by atoms with Gasteiger partial charge in [0.1, 0.15) is 5.60 Å². The summed E-state index contributed by atoms with van der Waals surface area (Å²) in [6.07, 6.45) is 0. The predicted octanol–water partition coefficient (Wildman–Crippen LogP) is 0.504. The van der Waals surface area contributed by atoms with E-state index in [1.165, 1.54) is 6.92 Å². The van der Waals surface area contributed by atoms with Gasteiger partial charge in [-0.3, -0.25) is 4.79 Å². The molecule has 5 N–H and O–H groups in total. The van der Waals surface area contributed by atoms with Crippen molar-refractivity contribution in [1.29, 1.82) is 0 Å². The number of nitrogens with two attached hydrogens (primary N) is 1. The largest absolute Gasteiger partial charge is 0.398 e. The number of aliphatic hydroxyl groups is 2.